The number of amides is 2. The van der Waals surface area contributed by atoms with Gasteiger partial charge in [0.1, 0.15) is 11.3 Å². The number of thiocarbonyl (C=S) groups is 1. The molecule has 1 aliphatic heterocycles. The highest BCUT2D eigenvalue weighted by molar-refractivity contribution is 7.80. The fourth-order valence-electron chi connectivity index (χ4n) is 2.68. The number of benzene rings is 2. The third-order valence-electron chi connectivity index (χ3n) is 4.37. The van der Waals surface area contributed by atoms with E-state index in [9.17, 15) is 9.59 Å². The van der Waals surface area contributed by atoms with Gasteiger partial charge in [-0.25, -0.2) is 0 Å². The minimum atomic E-state index is -0.584. The van der Waals surface area contributed by atoms with Crippen molar-refractivity contribution in [1.29, 1.82) is 0 Å². The lowest BCUT2D eigenvalue weighted by Crippen LogP contribution is -2.54. The van der Waals surface area contributed by atoms with Gasteiger partial charge in [-0.15, -0.1) is 0 Å². The number of anilines is 1. The van der Waals surface area contributed by atoms with E-state index in [1.807, 2.05) is 13.8 Å². The molecule has 0 saturated carbocycles. The van der Waals surface area contributed by atoms with Gasteiger partial charge in [0.15, 0.2) is 5.11 Å². The molecule has 1 atom stereocenters. The van der Waals surface area contributed by atoms with E-state index in [0.717, 1.165) is 6.42 Å². The number of nitrogens with zero attached hydrogens (tertiary/aromatic N) is 1. The number of rotatable bonds is 5. The molecule has 1 saturated heterocycles. The molecule has 0 unspecified atom stereocenters. The summed E-state index contributed by atoms with van der Waals surface area (Å²) in [5.41, 5.74) is 0.896. The predicted octanol–water partition coefficient (Wildman–Crippen LogP) is 5.00. The number of nitrogens with one attached hydrogen (secondary N) is 1. The third-order valence-corrected chi connectivity index (χ3v) is 5.26. The smallest absolute Gasteiger partial charge is 0.270 e. The van der Waals surface area contributed by atoms with Gasteiger partial charge in [0.25, 0.3) is 11.8 Å². The number of ether oxygens (including phenoxy) is 1. The summed E-state index contributed by atoms with van der Waals surface area (Å²) < 4.78 is 5.74. The van der Waals surface area contributed by atoms with Crippen LogP contribution in [-0.4, -0.2) is 23.0 Å². The van der Waals surface area contributed by atoms with Crippen molar-refractivity contribution in [3.63, 3.8) is 0 Å². The normalized spacial score (nSPS) is 16.8. The molecule has 1 N–H and O–H groups in total. The van der Waals surface area contributed by atoms with Gasteiger partial charge in [-0.05, 0) is 61.5 Å². The lowest BCUT2D eigenvalue weighted by Gasteiger charge is -2.29. The van der Waals surface area contributed by atoms with Crippen molar-refractivity contribution in [3.8, 4) is 5.75 Å². The zero-order valence-corrected chi connectivity index (χ0v) is 18.1. The van der Waals surface area contributed by atoms with Crippen LogP contribution in [0.5, 0.6) is 5.75 Å². The molecule has 0 bridgehead atoms. The molecule has 2 aromatic carbocycles. The van der Waals surface area contributed by atoms with Crippen molar-refractivity contribution in [2.45, 2.75) is 26.4 Å². The van der Waals surface area contributed by atoms with Gasteiger partial charge >= 0.3 is 0 Å². The van der Waals surface area contributed by atoms with Gasteiger partial charge < -0.3 is 4.74 Å². The molecular weight excluding hydrogens is 431 g/mol. The highest BCUT2D eigenvalue weighted by Gasteiger charge is 2.35. The van der Waals surface area contributed by atoms with Gasteiger partial charge in [-0.2, -0.15) is 0 Å². The number of carbonyl (C=O) groups is 2. The molecule has 0 aliphatic carbocycles. The molecule has 1 aliphatic rings. The van der Waals surface area contributed by atoms with Crippen LogP contribution in [0, 0.1) is 0 Å². The van der Waals surface area contributed by atoms with Gasteiger partial charge in [0.2, 0.25) is 0 Å². The lowest BCUT2D eigenvalue weighted by molar-refractivity contribution is -0.122. The zero-order valence-electron chi connectivity index (χ0n) is 15.7. The maximum atomic E-state index is 13.0. The minimum Gasteiger partial charge on any atom is -0.489 e. The van der Waals surface area contributed by atoms with Crippen molar-refractivity contribution < 1.29 is 14.3 Å². The van der Waals surface area contributed by atoms with Crippen molar-refractivity contribution in [2.24, 2.45) is 0 Å². The van der Waals surface area contributed by atoms with Crippen LogP contribution in [0.15, 0.2) is 48.0 Å². The summed E-state index contributed by atoms with van der Waals surface area (Å²) in [5, 5.41) is 3.23. The molecular formula is C21H18Cl2N2O3S. The fraction of sp³-hybridized carbons (Fsp3) is 0.190. The highest BCUT2D eigenvalue weighted by atomic mass is 35.5. The van der Waals surface area contributed by atoms with E-state index in [1.165, 1.54) is 11.0 Å². The summed E-state index contributed by atoms with van der Waals surface area (Å²) in [4.78, 5) is 26.6. The van der Waals surface area contributed by atoms with Crippen molar-refractivity contribution in [1.82, 2.24) is 5.32 Å². The first-order chi connectivity index (χ1) is 13.8. The molecule has 0 radical (unpaired) electrons. The first kappa shape index (κ1) is 21.3. The topological polar surface area (TPSA) is 58.6 Å². The Labute approximate surface area is 184 Å². The quantitative estimate of drug-likeness (QED) is 0.397. The van der Waals surface area contributed by atoms with Crippen molar-refractivity contribution in [2.75, 3.05) is 4.90 Å². The van der Waals surface area contributed by atoms with Crippen LogP contribution in [0.2, 0.25) is 10.0 Å². The maximum Gasteiger partial charge on any atom is 0.270 e. The fourth-order valence-corrected chi connectivity index (χ4v) is 3.41. The standard InChI is InChI=1S/C21H18Cl2N2O3S/c1-3-12(2)28-18-9-8-13(11-16(18)23)10-14-19(26)24-21(29)25(20(14)27)17-7-5-4-6-15(17)22/h4-12H,3H2,1-2H3,(H,24,26,29)/b14-10+/t12-/m0/s1. The first-order valence-electron chi connectivity index (χ1n) is 8.94. The molecule has 0 spiro atoms. The summed E-state index contributed by atoms with van der Waals surface area (Å²) in [7, 11) is 0. The Kier molecular flexibility index (Phi) is 6.57. The second-order valence-electron chi connectivity index (χ2n) is 6.44. The zero-order chi connectivity index (χ0) is 21.1. The van der Waals surface area contributed by atoms with Gasteiger partial charge in [-0.1, -0.05) is 48.3 Å². The maximum absolute atomic E-state index is 13.0. The summed E-state index contributed by atoms with van der Waals surface area (Å²) in [5.74, 6) is -0.608. The summed E-state index contributed by atoms with van der Waals surface area (Å²) in [6.45, 7) is 3.96. The Bertz CT molecular complexity index is 1020. The highest BCUT2D eigenvalue weighted by Crippen LogP contribution is 2.30. The molecule has 3 rings (SSSR count). The average molecular weight is 449 g/mol. The largest absolute Gasteiger partial charge is 0.489 e. The van der Waals surface area contributed by atoms with Crippen LogP contribution in [0.1, 0.15) is 25.8 Å². The SMILES string of the molecule is CC[C@H](C)Oc1ccc(/C=C2\C(=O)NC(=S)N(c3ccccc3Cl)C2=O)cc1Cl. The molecule has 5 nitrogen and oxygen atoms in total. The van der Waals surface area contributed by atoms with Crippen molar-refractivity contribution >= 4 is 64.1 Å². The van der Waals surface area contributed by atoms with Gasteiger partial charge in [0.05, 0.1) is 21.8 Å². The third kappa shape index (κ3) is 4.61. The lowest BCUT2D eigenvalue weighted by atomic mass is 10.1. The van der Waals surface area contributed by atoms with Crippen LogP contribution in [0.3, 0.4) is 0 Å². The summed E-state index contributed by atoms with van der Waals surface area (Å²) in [6, 6.07) is 11.8. The van der Waals surface area contributed by atoms with Crippen LogP contribution >= 0.6 is 35.4 Å². The molecule has 150 valence electrons. The van der Waals surface area contributed by atoms with Crippen LogP contribution < -0.4 is 15.0 Å². The van der Waals surface area contributed by atoms with Gasteiger partial charge in [0, 0.05) is 0 Å². The van der Waals surface area contributed by atoms with E-state index in [2.05, 4.69) is 5.32 Å². The summed E-state index contributed by atoms with van der Waals surface area (Å²) in [6.07, 6.45) is 2.32. The van der Waals surface area contributed by atoms with Gasteiger partial charge in [-0.3, -0.25) is 19.8 Å². The number of para-hydroxylation sites is 1. The molecule has 2 aromatic rings. The van der Waals surface area contributed by atoms with E-state index in [-0.39, 0.29) is 16.8 Å². The minimum absolute atomic E-state index is 0.0209. The van der Waals surface area contributed by atoms with Crippen LogP contribution in [-0.2, 0) is 9.59 Å². The Morgan fingerprint density at radius 2 is 1.90 bits per heavy atom. The Hall–Kier alpha value is -2.41. The first-order valence-corrected chi connectivity index (χ1v) is 10.1. The Balaban J connectivity index is 1.95. The van der Waals surface area contributed by atoms with Crippen LogP contribution in [0.25, 0.3) is 6.08 Å². The van der Waals surface area contributed by atoms with E-state index in [0.29, 0.717) is 27.0 Å². The number of carbonyl (C=O) groups excluding carboxylic acids is 2. The number of hydrogen-bond acceptors (Lipinski definition) is 4. The molecule has 2 amide bonds. The Morgan fingerprint density at radius 1 is 1.17 bits per heavy atom. The molecule has 29 heavy (non-hydrogen) atoms. The van der Waals surface area contributed by atoms with E-state index < -0.39 is 11.8 Å². The van der Waals surface area contributed by atoms with E-state index in [1.54, 1.807) is 42.5 Å². The second kappa shape index (κ2) is 8.95. The molecule has 1 heterocycles. The monoisotopic (exact) mass is 448 g/mol. The molecule has 8 heteroatoms. The second-order valence-corrected chi connectivity index (χ2v) is 7.64. The van der Waals surface area contributed by atoms with E-state index in [4.69, 9.17) is 40.2 Å². The molecule has 0 aromatic heterocycles. The van der Waals surface area contributed by atoms with Crippen molar-refractivity contribution in [3.05, 3.63) is 63.6 Å². The molecule has 1 fully saturated rings. The van der Waals surface area contributed by atoms with Crippen LogP contribution in [0.4, 0.5) is 5.69 Å². The van der Waals surface area contributed by atoms with E-state index >= 15 is 0 Å². The average Bonchev–Trinajstić information content (AvgIpc) is 2.68. The number of hydrogen-bond donors (Lipinski definition) is 1. The number of halogens is 2. The Morgan fingerprint density at radius 3 is 2.55 bits per heavy atom. The summed E-state index contributed by atoms with van der Waals surface area (Å²) >= 11 is 17.7. The predicted molar refractivity (Wildman–Crippen MR) is 119 cm³/mol.